The molecule has 1 saturated carbocycles. The summed E-state index contributed by atoms with van der Waals surface area (Å²) in [7, 11) is 0. The van der Waals surface area contributed by atoms with Gasteiger partial charge in [0, 0.05) is 29.9 Å². The van der Waals surface area contributed by atoms with Crippen molar-refractivity contribution < 1.29 is 33.0 Å². The number of rotatable bonds is 7. The van der Waals surface area contributed by atoms with Gasteiger partial charge in [-0.2, -0.15) is 0 Å². The van der Waals surface area contributed by atoms with Gasteiger partial charge in [0.05, 0.1) is 11.1 Å². The Balaban J connectivity index is 1.40. The zero-order valence-corrected chi connectivity index (χ0v) is 18.6. The molecule has 0 saturated heterocycles. The number of fused-ring (bicyclic) bond motifs is 1. The van der Waals surface area contributed by atoms with Crippen LogP contribution < -0.4 is 15.0 Å². The molecule has 1 aliphatic carbocycles. The smallest absolute Gasteiger partial charge is 0.480 e. The number of carboxylic acids is 1. The van der Waals surface area contributed by atoms with Crippen LogP contribution in [0.4, 0.5) is 8.78 Å². The number of aromatic nitrogens is 2. The van der Waals surface area contributed by atoms with E-state index in [0.717, 1.165) is 10.1 Å². The van der Waals surface area contributed by atoms with Crippen LogP contribution in [0.15, 0.2) is 53.5 Å². The molecule has 8 nitrogen and oxygen atoms in total. The highest BCUT2D eigenvalue weighted by Crippen LogP contribution is 2.52. The third kappa shape index (κ3) is 4.27. The zero-order chi connectivity index (χ0) is 25.0. The van der Waals surface area contributed by atoms with Gasteiger partial charge in [-0.1, -0.05) is 12.1 Å². The molecule has 3 heterocycles. The van der Waals surface area contributed by atoms with E-state index >= 15 is 0 Å². The number of hydrogen-bond donors (Lipinski definition) is 1. The van der Waals surface area contributed by atoms with Gasteiger partial charge in [0.1, 0.15) is 12.3 Å². The molecule has 10 heteroatoms. The summed E-state index contributed by atoms with van der Waals surface area (Å²) >= 11 is 0. The van der Waals surface area contributed by atoms with E-state index < -0.39 is 29.8 Å². The van der Waals surface area contributed by atoms with E-state index in [1.165, 1.54) is 24.4 Å². The highest BCUT2D eigenvalue weighted by Gasteiger charge is 2.52. The van der Waals surface area contributed by atoms with Crippen LogP contribution in [0, 0.1) is 6.92 Å². The van der Waals surface area contributed by atoms with E-state index in [1.54, 1.807) is 24.3 Å². The van der Waals surface area contributed by atoms with Crippen LogP contribution in [0.3, 0.4) is 0 Å². The lowest BCUT2D eigenvalue weighted by Gasteiger charge is -2.16. The van der Waals surface area contributed by atoms with Gasteiger partial charge in [0.25, 0.3) is 5.56 Å². The Bertz CT molecular complexity index is 1430. The summed E-state index contributed by atoms with van der Waals surface area (Å²) in [6, 6.07) is 10.8. The molecule has 0 atom stereocenters. The molecule has 5 rings (SSSR count). The number of carboxylic acid groups (broad SMARTS) is 1. The molecule has 180 valence electrons. The molecule has 0 bridgehead atoms. The minimum atomic E-state index is -3.73. The summed E-state index contributed by atoms with van der Waals surface area (Å²) in [5, 5.41) is 9.04. The molecular formula is C25H20F2N2O6. The molecule has 1 aliphatic heterocycles. The van der Waals surface area contributed by atoms with Gasteiger partial charge in [0.15, 0.2) is 11.5 Å². The summed E-state index contributed by atoms with van der Waals surface area (Å²) < 4.78 is 36.8. The van der Waals surface area contributed by atoms with E-state index in [0.29, 0.717) is 35.4 Å². The van der Waals surface area contributed by atoms with Gasteiger partial charge in [-0.25, -0.2) is 0 Å². The van der Waals surface area contributed by atoms with Gasteiger partial charge in [-0.05, 0) is 55.2 Å². The van der Waals surface area contributed by atoms with Crippen molar-refractivity contribution >= 4 is 11.8 Å². The Morgan fingerprint density at radius 3 is 2.54 bits per heavy atom. The van der Waals surface area contributed by atoms with Gasteiger partial charge >= 0.3 is 12.3 Å². The van der Waals surface area contributed by atoms with Crippen LogP contribution in [-0.2, 0) is 28.0 Å². The van der Waals surface area contributed by atoms with Crippen molar-refractivity contribution in [2.24, 2.45) is 0 Å². The number of aliphatic carboxylic acids is 1. The highest BCUT2D eigenvalue weighted by atomic mass is 19.3. The van der Waals surface area contributed by atoms with E-state index in [1.807, 2.05) is 6.92 Å². The molecular weight excluding hydrogens is 462 g/mol. The van der Waals surface area contributed by atoms with Crippen molar-refractivity contribution in [2.45, 2.75) is 44.4 Å². The fourth-order valence-corrected chi connectivity index (χ4v) is 4.33. The van der Waals surface area contributed by atoms with Crippen molar-refractivity contribution in [1.29, 1.82) is 0 Å². The molecule has 3 aromatic rings. The first-order valence-corrected chi connectivity index (χ1v) is 10.9. The Hall–Kier alpha value is -4.08. The third-order valence-electron chi connectivity index (χ3n) is 6.30. The predicted octanol–water partition coefficient (Wildman–Crippen LogP) is 3.47. The van der Waals surface area contributed by atoms with Crippen molar-refractivity contribution in [3.05, 3.63) is 75.8 Å². The van der Waals surface area contributed by atoms with Gasteiger partial charge in [-0.15, -0.1) is 8.78 Å². The summed E-state index contributed by atoms with van der Waals surface area (Å²) in [4.78, 5) is 41.0. The number of carbonyl (C=O) groups is 2. The number of nitrogens with zero attached hydrogens (tertiary/aromatic N) is 2. The number of carbonyl (C=O) groups excluding carboxylic acids is 1. The topological polar surface area (TPSA) is 108 Å². The van der Waals surface area contributed by atoms with Gasteiger partial charge in [0.2, 0.25) is 0 Å². The van der Waals surface area contributed by atoms with Crippen molar-refractivity contribution in [2.75, 3.05) is 0 Å². The second kappa shape index (κ2) is 8.00. The number of pyridine rings is 2. The van der Waals surface area contributed by atoms with E-state index in [2.05, 4.69) is 14.5 Å². The molecule has 0 spiro atoms. The summed E-state index contributed by atoms with van der Waals surface area (Å²) in [5.74, 6) is -1.41. The summed E-state index contributed by atoms with van der Waals surface area (Å²) in [6.45, 7) is 1.35. The Labute approximate surface area is 197 Å². The van der Waals surface area contributed by atoms with Crippen LogP contribution in [-0.4, -0.2) is 32.7 Å². The number of hydrogen-bond acceptors (Lipinski definition) is 6. The Kier molecular flexibility index (Phi) is 5.19. The largest absolute Gasteiger partial charge is 0.586 e. The number of Topliss-reactive ketones (excluding diaryl/α,β-unsaturated/α-hetero) is 1. The number of benzene rings is 1. The molecule has 1 fully saturated rings. The second-order valence-corrected chi connectivity index (χ2v) is 8.76. The van der Waals surface area contributed by atoms with E-state index in [-0.39, 0.29) is 23.7 Å². The average molecular weight is 482 g/mol. The predicted molar refractivity (Wildman–Crippen MR) is 119 cm³/mol. The number of ketones is 1. The molecule has 1 aromatic carbocycles. The molecule has 2 aliphatic rings. The number of alkyl halides is 2. The van der Waals surface area contributed by atoms with Crippen LogP contribution >= 0.6 is 0 Å². The number of ether oxygens (including phenoxy) is 2. The molecule has 35 heavy (non-hydrogen) atoms. The van der Waals surface area contributed by atoms with Crippen molar-refractivity contribution in [1.82, 2.24) is 9.55 Å². The fourth-order valence-electron chi connectivity index (χ4n) is 4.33. The lowest BCUT2D eigenvalue weighted by molar-refractivity contribution is -0.286. The maximum atomic E-state index is 13.4. The summed E-state index contributed by atoms with van der Waals surface area (Å²) in [5.41, 5.74) is 1.73. The highest BCUT2D eigenvalue weighted by molar-refractivity contribution is 5.94. The molecule has 1 N–H and O–H groups in total. The number of halogens is 2. The second-order valence-electron chi connectivity index (χ2n) is 8.76. The average Bonchev–Trinajstić information content (AvgIpc) is 3.53. The van der Waals surface area contributed by atoms with Gasteiger partial charge < -0.3 is 19.1 Å². The SMILES string of the molecule is Cc1ccc(CC(=O)C2(c3ccc4c(c3)OC(F)(F)O4)CC2)nc1-c1ccc(=O)n(CC(=O)O)c1. The third-order valence-corrected chi connectivity index (χ3v) is 6.30. The first-order chi connectivity index (χ1) is 16.6. The van der Waals surface area contributed by atoms with Crippen LogP contribution in [0.2, 0.25) is 0 Å². The summed E-state index contributed by atoms with van der Waals surface area (Å²) in [6.07, 6.45) is -1.10. The standard InChI is InChI=1S/C25H20F2N2O6/c1-14-2-5-17(28-23(14)15-3-7-21(31)29(12-15)13-22(32)33)11-20(30)24(8-9-24)16-4-6-18-19(10-16)35-25(26,27)34-18/h2-7,10,12H,8-9,11,13H2,1H3,(H,32,33). The Morgan fingerprint density at radius 2 is 1.83 bits per heavy atom. The lowest BCUT2D eigenvalue weighted by atomic mass is 9.88. The molecule has 0 unspecified atom stereocenters. The van der Waals surface area contributed by atoms with Crippen LogP contribution in [0.5, 0.6) is 11.5 Å². The van der Waals surface area contributed by atoms with E-state index in [9.17, 15) is 23.2 Å². The van der Waals surface area contributed by atoms with Gasteiger partial charge in [-0.3, -0.25) is 19.4 Å². The maximum absolute atomic E-state index is 13.4. The fraction of sp³-hybridized carbons (Fsp3) is 0.280. The first kappa shape index (κ1) is 22.7. The van der Waals surface area contributed by atoms with Crippen LogP contribution in [0.25, 0.3) is 11.3 Å². The first-order valence-electron chi connectivity index (χ1n) is 10.9. The van der Waals surface area contributed by atoms with E-state index in [4.69, 9.17) is 5.11 Å². The molecule has 0 radical (unpaired) electrons. The van der Waals surface area contributed by atoms with Crippen molar-refractivity contribution in [3.63, 3.8) is 0 Å². The van der Waals surface area contributed by atoms with Crippen LogP contribution in [0.1, 0.15) is 29.7 Å². The molecule has 2 aromatic heterocycles. The molecule has 0 amide bonds. The number of aryl methyl sites for hydroxylation is 1. The normalized spacial score (nSPS) is 16.7. The minimum Gasteiger partial charge on any atom is -0.480 e. The minimum absolute atomic E-state index is 0.0205. The Morgan fingerprint density at radius 1 is 1.09 bits per heavy atom. The quantitative estimate of drug-likeness (QED) is 0.550. The monoisotopic (exact) mass is 482 g/mol. The lowest BCUT2D eigenvalue weighted by Crippen LogP contribution is -2.26. The van der Waals surface area contributed by atoms with Crippen molar-refractivity contribution in [3.8, 4) is 22.8 Å². The maximum Gasteiger partial charge on any atom is 0.586 e. The zero-order valence-electron chi connectivity index (χ0n) is 18.6.